The number of carbonyl (C=O) groups is 1. The Balaban J connectivity index is 1.69. The third-order valence-corrected chi connectivity index (χ3v) is 5.27. The molecule has 29 heavy (non-hydrogen) atoms. The van der Waals surface area contributed by atoms with Gasteiger partial charge in [0.2, 0.25) is 0 Å². The summed E-state index contributed by atoms with van der Waals surface area (Å²) >= 11 is 0. The number of likely N-dealkylation sites (tertiary alicyclic amines) is 1. The molecule has 1 aliphatic heterocycles. The number of hydrogen-bond donors (Lipinski definition) is 2. The lowest BCUT2D eigenvalue weighted by molar-refractivity contribution is 0.0549. The first-order valence-corrected chi connectivity index (χ1v) is 10.4. The van der Waals surface area contributed by atoms with E-state index < -0.39 is 6.10 Å². The molecule has 0 radical (unpaired) electrons. The first kappa shape index (κ1) is 21.3. The number of benzene rings is 1. The van der Waals surface area contributed by atoms with Gasteiger partial charge in [0.15, 0.2) is 0 Å². The minimum absolute atomic E-state index is 0.0942. The maximum atomic E-state index is 12.5. The highest BCUT2D eigenvalue weighted by Gasteiger charge is 2.28. The van der Waals surface area contributed by atoms with E-state index >= 15 is 0 Å². The monoisotopic (exact) mass is 396 g/mol. The molecule has 0 bridgehead atoms. The first-order chi connectivity index (χ1) is 13.9. The van der Waals surface area contributed by atoms with E-state index in [0.717, 1.165) is 13.0 Å². The van der Waals surface area contributed by atoms with Crippen molar-refractivity contribution in [2.75, 3.05) is 19.6 Å². The SMILES string of the molecule is CC(C)C/C=C(\CN1C[C@H](O)C[C@H](NC(=O)c2ccnn2C)C1)c1ccccc1. The molecule has 1 aromatic heterocycles. The average Bonchev–Trinajstić information content (AvgIpc) is 3.11. The second kappa shape index (κ2) is 9.85. The van der Waals surface area contributed by atoms with Gasteiger partial charge in [-0.1, -0.05) is 50.3 Å². The predicted octanol–water partition coefficient (Wildman–Crippen LogP) is 2.71. The van der Waals surface area contributed by atoms with Gasteiger partial charge < -0.3 is 10.4 Å². The van der Waals surface area contributed by atoms with Crippen LogP contribution in [0.15, 0.2) is 48.7 Å². The molecule has 2 atom stereocenters. The van der Waals surface area contributed by atoms with E-state index in [-0.39, 0.29) is 11.9 Å². The number of aromatic nitrogens is 2. The lowest BCUT2D eigenvalue weighted by atomic mass is 9.98. The second-order valence-corrected chi connectivity index (χ2v) is 8.32. The zero-order valence-electron chi connectivity index (χ0n) is 17.6. The van der Waals surface area contributed by atoms with Crippen molar-refractivity contribution in [2.24, 2.45) is 13.0 Å². The van der Waals surface area contributed by atoms with E-state index in [1.165, 1.54) is 11.1 Å². The Hall–Kier alpha value is -2.44. The Labute approximate surface area is 173 Å². The van der Waals surface area contributed by atoms with Crippen molar-refractivity contribution in [1.82, 2.24) is 20.0 Å². The summed E-state index contributed by atoms with van der Waals surface area (Å²) in [5.41, 5.74) is 3.01. The summed E-state index contributed by atoms with van der Waals surface area (Å²) in [6.45, 7) is 6.52. The van der Waals surface area contributed by atoms with Crippen molar-refractivity contribution in [2.45, 2.75) is 38.8 Å². The summed E-state index contributed by atoms with van der Waals surface area (Å²) in [6, 6.07) is 12.0. The van der Waals surface area contributed by atoms with Gasteiger partial charge in [-0.05, 0) is 36.0 Å². The van der Waals surface area contributed by atoms with Gasteiger partial charge in [-0.2, -0.15) is 5.10 Å². The standard InChI is InChI=1S/C23H32N4O2/c1-17(2)9-10-19(18-7-5-4-6-8-18)14-27-15-20(13-21(28)16-27)25-23(29)22-11-12-24-26(22)3/h4-8,10-12,17,20-21,28H,9,13-16H2,1-3H3,(H,25,29)/b19-10+/t20-,21+/m0/s1. The van der Waals surface area contributed by atoms with Crippen LogP contribution in [0, 0.1) is 5.92 Å². The number of rotatable bonds is 7. The van der Waals surface area contributed by atoms with Crippen LogP contribution in [0.5, 0.6) is 0 Å². The number of aryl methyl sites for hydroxylation is 1. The Kier molecular flexibility index (Phi) is 7.23. The van der Waals surface area contributed by atoms with Crippen LogP contribution in [0.1, 0.15) is 42.7 Å². The van der Waals surface area contributed by atoms with Crippen LogP contribution >= 0.6 is 0 Å². The number of aliphatic hydroxyl groups is 1. The minimum atomic E-state index is -0.456. The smallest absolute Gasteiger partial charge is 0.269 e. The highest BCUT2D eigenvalue weighted by molar-refractivity contribution is 5.92. The number of amides is 1. The summed E-state index contributed by atoms with van der Waals surface area (Å²) in [7, 11) is 1.75. The zero-order chi connectivity index (χ0) is 20.8. The van der Waals surface area contributed by atoms with E-state index in [4.69, 9.17) is 0 Å². The molecule has 1 amide bonds. The molecule has 2 aromatic rings. The lowest BCUT2D eigenvalue weighted by Gasteiger charge is -2.36. The highest BCUT2D eigenvalue weighted by Crippen LogP contribution is 2.21. The Morgan fingerprint density at radius 3 is 2.69 bits per heavy atom. The number of allylic oxidation sites excluding steroid dienone is 1. The summed E-state index contributed by atoms with van der Waals surface area (Å²) in [4.78, 5) is 14.8. The second-order valence-electron chi connectivity index (χ2n) is 8.32. The number of nitrogens with one attached hydrogen (secondary N) is 1. The number of hydrogen-bond acceptors (Lipinski definition) is 4. The number of aliphatic hydroxyl groups excluding tert-OH is 1. The van der Waals surface area contributed by atoms with Crippen molar-refractivity contribution in [3.05, 3.63) is 59.9 Å². The van der Waals surface area contributed by atoms with E-state index in [0.29, 0.717) is 31.1 Å². The first-order valence-electron chi connectivity index (χ1n) is 10.4. The summed E-state index contributed by atoms with van der Waals surface area (Å²) < 4.78 is 1.56. The molecule has 6 nitrogen and oxygen atoms in total. The molecular formula is C23H32N4O2. The summed E-state index contributed by atoms with van der Waals surface area (Å²) in [5.74, 6) is 0.439. The summed E-state index contributed by atoms with van der Waals surface area (Å²) in [6.07, 6.45) is 5.05. The molecule has 156 valence electrons. The molecule has 1 saturated heterocycles. The minimum Gasteiger partial charge on any atom is -0.392 e. The number of β-amino-alcohol motifs (C(OH)–C–C–N with tert-alkyl or cyclic N) is 1. The van der Waals surface area contributed by atoms with Crippen LogP contribution < -0.4 is 5.32 Å². The molecule has 0 saturated carbocycles. The molecule has 0 spiro atoms. The van der Waals surface area contributed by atoms with Gasteiger partial charge in [0.1, 0.15) is 5.69 Å². The molecular weight excluding hydrogens is 364 g/mol. The quantitative estimate of drug-likeness (QED) is 0.755. The van der Waals surface area contributed by atoms with Gasteiger partial charge in [-0.25, -0.2) is 0 Å². The Bertz CT molecular complexity index is 828. The fourth-order valence-corrected chi connectivity index (χ4v) is 3.80. The predicted molar refractivity (Wildman–Crippen MR) is 115 cm³/mol. The van der Waals surface area contributed by atoms with Crippen LogP contribution in [0.4, 0.5) is 0 Å². The van der Waals surface area contributed by atoms with E-state index in [1.807, 2.05) is 6.07 Å². The van der Waals surface area contributed by atoms with Crippen molar-refractivity contribution in [3.63, 3.8) is 0 Å². The molecule has 2 heterocycles. The third kappa shape index (κ3) is 6.02. The molecule has 0 aliphatic carbocycles. The topological polar surface area (TPSA) is 70.4 Å². The Morgan fingerprint density at radius 2 is 2.03 bits per heavy atom. The van der Waals surface area contributed by atoms with E-state index in [2.05, 4.69) is 59.5 Å². The molecule has 0 unspecified atom stereocenters. The third-order valence-electron chi connectivity index (χ3n) is 5.27. The van der Waals surface area contributed by atoms with E-state index in [9.17, 15) is 9.90 Å². The van der Waals surface area contributed by atoms with Crippen LogP contribution in [-0.4, -0.2) is 57.5 Å². The van der Waals surface area contributed by atoms with Gasteiger partial charge in [-0.15, -0.1) is 0 Å². The van der Waals surface area contributed by atoms with Gasteiger partial charge in [0, 0.05) is 38.9 Å². The molecule has 2 N–H and O–H groups in total. The fraction of sp³-hybridized carbons (Fsp3) is 0.478. The van der Waals surface area contributed by atoms with Crippen molar-refractivity contribution >= 4 is 11.5 Å². The van der Waals surface area contributed by atoms with Crippen molar-refractivity contribution in [3.8, 4) is 0 Å². The van der Waals surface area contributed by atoms with Gasteiger partial charge in [-0.3, -0.25) is 14.4 Å². The van der Waals surface area contributed by atoms with Crippen LogP contribution in [-0.2, 0) is 7.05 Å². The largest absolute Gasteiger partial charge is 0.392 e. The highest BCUT2D eigenvalue weighted by atomic mass is 16.3. The molecule has 1 aromatic carbocycles. The summed E-state index contributed by atoms with van der Waals surface area (Å²) in [5, 5.41) is 17.5. The molecule has 1 fully saturated rings. The molecule has 1 aliphatic rings. The Morgan fingerprint density at radius 1 is 1.28 bits per heavy atom. The van der Waals surface area contributed by atoms with Crippen molar-refractivity contribution < 1.29 is 9.90 Å². The van der Waals surface area contributed by atoms with Gasteiger partial charge in [0.05, 0.1) is 6.10 Å². The average molecular weight is 397 g/mol. The maximum Gasteiger partial charge on any atom is 0.269 e. The van der Waals surface area contributed by atoms with Crippen molar-refractivity contribution in [1.29, 1.82) is 0 Å². The number of piperidine rings is 1. The van der Waals surface area contributed by atoms with E-state index in [1.54, 1.807) is 24.0 Å². The normalized spacial score (nSPS) is 20.8. The fourth-order valence-electron chi connectivity index (χ4n) is 3.80. The number of nitrogens with zero attached hydrogens (tertiary/aromatic N) is 3. The molecule has 6 heteroatoms. The van der Waals surface area contributed by atoms with Crippen LogP contribution in [0.3, 0.4) is 0 Å². The lowest BCUT2D eigenvalue weighted by Crippen LogP contribution is -2.53. The van der Waals surface area contributed by atoms with Crippen LogP contribution in [0.2, 0.25) is 0 Å². The zero-order valence-corrected chi connectivity index (χ0v) is 17.6. The number of carbonyl (C=O) groups excluding carboxylic acids is 1. The van der Waals surface area contributed by atoms with Crippen LogP contribution in [0.25, 0.3) is 5.57 Å². The van der Waals surface area contributed by atoms with Gasteiger partial charge in [0.25, 0.3) is 5.91 Å². The molecule has 3 rings (SSSR count). The van der Waals surface area contributed by atoms with Gasteiger partial charge >= 0.3 is 0 Å². The maximum absolute atomic E-state index is 12.5.